The highest BCUT2D eigenvalue weighted by molar-refractivity contribution is 5.93. The van der Waals surface area contributed by atoms with E-state index in [4.69, 9.17) is 23.4 Å². The first kappa shape index (κ1) is 21.5. The first-order valence-corrected chi connectivity index (χ1v) is 10.4. The van der Waals surface area contributed by atoms with Crippen LogP contribution in [0.2, 0.25) is 0 Å². The second kappa shape index (κ2) is 9.64. The maximum absolute atomic E-state index is 12.1. The molecule has 1 heterocycles. The van der Waals surface area contributed by atoms with Crippen molar-refractivity contribution < 1.29 is 33.0 Å². The molecule has 3 aromatic rings. The molecule has 168 valence electrons. The molecule has 0 unspecified atom stereocenters. The van der Waals surface area contributed by atoms with Gasteiger partial charge in [0.2, 0.25) is 0 Å². The Kier molecular flexibility index (Phi) is 6.49. The normalized spacial score (nSPS) is 12.7. The fourth-order valence-corrected chi connectivity index (χ4v) is 3.74. The Morgan fingerprint density at radius 3 is 2.44 bits per heavy atom. The highest BCUT2D eigenvalue weighted by atomic mass is 16.6. The number of ether oxygens (including phenoxy) is 4. The quantitative estimate of drug-likeness (QED) is 0.532. The lowest BCUT2D eigenvalue weighted by atomic mass is 9.96. The summed E-state index contributed by atoms with van der Waals surface area (Å²) in [6.45, 7) is -0.734. The van der Waals surface area contributed by atoms with E-state index in [0.29, 0.717) is 22.9 Å². The van der Waals surface area contributed by atoms with Gasteiger partial charge >= 0.3 is 5.97 Å². The van der Waals surface area contributed by atoms with Gasteiger partial charge in [-0.3, -0.25) is 4.79 Å². The summed E-state index contributed by atoms with van der Waals surface area (Å²) in [6, 6.07) is 10.5. The molecule has 1 N–H and O–H groups in total. The highest BCUT2D eigenvalue weighted by Gasteiger charge is 2.18. The van der Waals surface area contributed by atoms with Crippen molar-refractivity contribution in [1.82, 2.24) is 0 Å². The number of hydrogen-bond donors (Lipinski definition) is 1. The molecule has 0 radical (unpaired) electrons. The Labute approximate surface area is 185 Å². The van der Waals surface area contributed by atoms with E-state index in [0.717, 1.165) is 42.4 Å². The number of esters is 1. The van der Waals surface area contributed by atoms with Crippen LogP contribution in [0.4, 0.5) is 5.69 Å². The Bertz CT molecular complexity index is 1110. The standard InChI is InChI=1S/C24H25NO7/c1-28-17-9-15(10-18(11-17)29-2)25-23(26)13-31-24(27)14-30-16-7-8-22-20(12-16)19-5-3-4-6-21(19)32-22/h7-12H,3-6,13-14H2,1-2H3,(H,25,26). The molecule has 1 aromatic heterocycles. The Hall–Kier alpha value is -3.68. The molecular formula is C24H25NO7. The number of rotatable bonds is 8. The first-order chi connectivity index (χ1) is 15.6. The number of fused-ring (bicyclic) bond motifs is 3. The van der Waals surface area contributed by atoms with Crippen LogP contribution in [0.15, 0.2) is 40.8 Å². The molecule has 8 nitrogen and oxygen atoms in total. The lowest BCUT2D eigenvalue weighted by molar-refractivity contribution is -0.149. The van der Waals surface area contributed by atoms with Crippen LogP contribution in [0, 0.1) is 0 Å². The van der Waals surface area contributed by atoms with Gasteiger partial charge < -0.3 is 28.7 Å². The van der Waals surface area contributed by atoms with Crippen molar-refractivity contribution in [2.45, 2.75) is 25.7 Å². The molecule has 1 aliphatic rings. The molecule has 4 rings (SSSR count). The van der Waals surface area contributed by atoms with E-state index in [1.165, 1.54) is 19.8 Å². The van der Waals surface area contributed by atoms with Crippen molar-refractivity contribution in [2.75, 3.05) is 32.8 Å². The van der Waals surface area contributed by atoms with Crippen molar-refractivity contribution >= 4 is 28.5 Å². The van der Waals surface area contributed by atoms with Crippen LogP contribution in [0.3, 0.4) is 0 Å². The molecule has 0 fully saturated rings. The van der Waals surface area contributed by atoms with Crippen molar-refractivity contribution in [3.05, 3.63) is 47.7 Å². The zero-order valence-electron chi connectivity index (χ0n) is 18.1. The van der Waals surface area contributed by atoms with Gasteiger partial charge in [0.05, 0.1) is 14.2 Å². The van der Waals surface area contributed by atoms with Crippen LogP contribution < -0.4 is 19.5 Å². The lowest BCUT2D eigenvalue weighted by Crippen LogP contribution is -2.23. The predicted molar refractivity (Wildman–Crippen MR) is 117 cm³/mol. The zero-order valence-corrected chi connectivity index (χ0v) is 18.1. The number of hydrogen-bond acceptors (Lipinski definition) is 7. The summed E-state index contributed by atoms with van der Waals surface area (Å²) in [4.78, 5) is 24.2. The number of carbonyl (C=O) groups excluding carboxylic acids is 2. The number of anilines is 1. The van der Waals surface area contributed by atoms with E-state index in [1.807, 2.05) is 12.1 Å². The second-order valence-electron chi connectivity index (χ2n) is 7.47. The monoisotopic (exact) mass is 439 g/mol. The van der Waals surface area contributed by atoms with Crippen LogP contribution >= 0.6 is 0 Å². The van der Waals surface area contributed by atoms with Crippen molar-refractivity contribution in [1.29, 1.82) is 0 Å². The minimum atomic E-state index is -0.641. The molecule has 1 amide bonds. The summed E-state index contributed by atoms with van der Waals surface area (Å²) in [5, 5.41) is 3.67. The molecule has 0 bridgehead atoms. The number of nitrogens with one attached hydrogen (secondary N) is 1. The van der Waals surface area contributed by atoms with Crippen molar-refractivity contribution in [3.63, 3.8) is 0 Å². The third-order valence-electron chi connectivity index (χ3n) is 5.28. The summed E-state index contributed by atoms with van der Waals surface area (Å²) in [5.41, 5.74) is 2.53. The minimum Gasteiger partial charge on any atom is -0.497 e. The number of amides is 1. The molecule has 0 aliphatic heterocycles. The number of methoxy groups -OCH3 is 2. The Morgan fingerprint density at radius 2 is 1.69 bits per heavy atom. The van der Waals surface area contributed by atoms with Crippen LogP contribution in [-0.4, -0.2) is 39.3 Å². The van der Waals surface area contributed by atoms with Gasteiger partial charge in [0.1, 0.15) is 28.6 Å². The number of furan rings is 1. The van der Waals surface area contributed by atoms with Gasteiger partial charge in [0, 0.05) is 41.3 Å². The van der Waals surface area contributed by atoms with Gasteiger partial charge in [-0.15, -0.1) is 0 Å². The molecule has 0 saturated carbocycles. The van der Waals surface area contributed by atoms with Gasteiger partial charge in [-0.1, -0.05) is 0 Å². The summed E-state index contributed by atoms with van der Waals surface area (Å²) in [6.07, 6.45) is 4.23. The van der Waals surface area contributed by atoms with E-state index in [-0.39, 0.29) is 6.61 Å². The van der Waals surface area contributed by atoms with Gasteiger partial charge in [-0.2, -0.15) is 0 Å². The van der Waals surface area contributed by atoms with E-state index in [9.17, 15) is 9.59 Å². The van der Waals surface area contributed by atoms with Gasteiger partial charge in [0.15, 0.2) is 13.2 Å². The number of aryl methyl sites for hydroxylation is 2. The van der Waals surface area contributed by atoms with Crippen molar-refractivity contribution in [3.8, 4) is 17.2 Å². The summed E-state index contributed by atoms with van der Waals surface area (Å²) < 4.78 is 26.8. The molecule has 32 heavy (non-hydrogen) atoms. The van der Waals surface area contributed by atoms with Crippen LogP contribution in [0.5, 0.6) is 17.2 Å². The van der Waals surface area contributed by atoms with Crippen molar-refractivity contribution in [2.24, 2.45) is 0 Å². The SMILES string of the molecule is COc1cc(NC(=O)COC(=O)COc2ccc3oc4c(c3c2)CCCC4)cc(OC)c1. The van der Waals surface area contributed by atoms with Gasteiger partial charge in [-0.25, -0.2) is 4.79 Å². The molecule has 8 heteroatoms. The molecule has 0 spiro atoms. The summed E-state index contributed by atoms with van der Waals surface area (Å²) >= 11 is 0. The van der Waals surface area contributed by atoms with Crippen LogP contribution in [0.1, 0.15) is 24.2 Å². The van der Waals surface area contributed by atoms with Gasteiger partial charge in [0.25, 0.3) is 5.91 Å². The van der Waals surface area contributed by atoms with E-state index >= 15 is 0 Å². The third-order valence-corrected chi connectivity index (χ3v) is 5.28. The Morgan fingerprint density at radius 1 is 0.938 bits per heavy atom. The fraction of sp³-hybridized carbons (Fsp3) is 0.333. The van der Waals surface area contributed by atoms with Crippen LogP contribution in [-0.2, 0) is 27.2 Å². The van der Waals surface area contributed by atoms with E-state index < -0.39 is 18.5 Å². The molecular weight excluding hydrogens is 414 g/mol. The van der Waals surface area contributed by atoms with E-state index in [2.05, 4.69) is 5.32 Å². The molecule has 0 saturated heterocycles. The molecule has 1 aliphatic carbocycles. The summed E-state index contributed by atoms with van der Waals surface area (Å²) in [7, 11) is 3.03. The zero-order chi connectivity index (χ0) is 22.5. The number of carbonyl (C=O) groups is 2. The average Bonchev–Trinajstić information content (AvgIpc) is 3.19. The van der Waals surface area contributed by atoms with E-state index in [1.54, 1.807) is 24.3 Å². The molecule has 0 atom stereocenters. The maximum atomic E-state index is 12.1. The van der Waals surface area contributed by atoms with Crippen LogP contribution in [0.25, 0.3) is 11.0 Å². The predicted octanol–water partition coefficient (Wildman–Crippen LogP) is 3.89. The fourth-order valence-electron chi connectivity index (χ4n) is 3.74. The Balaban J connectivity index is 1.28. The summed E-state index contributed by atoms with van der Waals surface area (Å²) in [5.74, 6) is 1.53. The highest BCUT2D eigenvalue weighted by Crippen LogP contribution is 2.34. The third kappa shape index (κ3) is 4.96. The smallest absolute Gasteiger partial charge is 0.344 e. The number of benzene rings is 2. The topological polar surface area (TPSA) is 96.2 Å². The minimum absolute atomic E-state index is 0.300. The second-order valence-corrected chi connectivity index (χ2v) is 7.47. The lowest BCUT2D eigenvalue weighted by Gasteiger charge is -2.11. The first-order valence-electron chi connectivity index (χ1n) is 10.4. The maximum Gasteiger partial charge on any atom is 0.344 e. The van der Waals surface area contributed by atoms with Gasteiger partial charge in [-0.05, 0) is 37.5 Å². The largest absolute Gasteiger partial charge is 0.497 e. The average molecular weight is 439 g/mol. The molecule has 2 aromatic carbocycles.